The third-order valence-corrected chi connectivity index (χ3v) is 3.65. The van der Waals surface area contributed by atoms with E-state index in [1.165, 1.54) is 5.56 Å². The summed E-state index contributed by atoms with van der Waals surface area (Å²) in [6, 6.07) is 18.0. The summed E-state index contributed by atoms with van der Waals surface area (Å²) in [5, 5.41) is 0. The average molecular weight is 319 g/mol. The number of halogens is 1. The Morgan fingerprint density at radius 1 is 1.09 bits per heavy atom. The Balaban J connectivity index is 0.00000242. The zero-order valence-corrected chi connectivity index (χ0v) is 13.8. The van der Waals surface area contributed by atoms with Crippen LogP contribution in [0.4, 0.5) is 0 Å². The lowest BCUT2D eigenvalue weighted by Gasteiger charge is -2.23. The smallest absolute Gasteiger partial charge is 0.231 e. The van der Waals surface area contributed by atoms with E-state index in [0.29, 0.717) is 13.1 Å². The molecular formula is C18H23ClN2O. The predicted molar refractivity (Wildman–Crippen MR) is 93.1 cm³/mol. The fourth-order valence-electron chi connectivity index (χ4n) is 2.38. The van der Waals surface area contributed by atoms with E-state index >= 15 is 0 Å². The standard InChI is InChI=1S/C18H22N2O.ClH/c1-14-8-10-15(11-9-14)13-20(2)18(21)17(12-19)16-6-4-3-5-7-16;/h3-11,17H,12-13,19H2,1-2H3;1H. The molecule has 2 aromatic carbocycles. The van der Waals surface area contributed by atoms with Gasteiger partial charge in [-0.2, -0.15) is 0 Å². The first-order valence-corrected chi connectivity index (χ1v) is 7.17. The highest BCUT2D eigenvalue weighted by Crippen LogP contribution is 2.18. The molecular weight excluding hydrogens is 296 g/mol. The van der Waals surface area contributed by atoms with E-state index in [0.717, 1.165) is 11.1 Å². The molecule has 2 N–H and O–H groups in total. The Hall–Kier alpha value is -1.84. The van der Waals surface area contributed by atoms with Crippen molar-refractivity contribution in [2.45, 2.75) is 19.4 Å². The third kappa shape index (κ3) is 4.58. The summed E-state index contributed by atoms with van der Waals surface area (Å²) in [4.78, 5) is 14.3. The van der Waals surface area contributed by atoms with Crippen molar-refractivity contribution in [3.8, 4) is 0 Å². The minimum absolute atomic E-state index is 0. The number of nitrogens with two attached hydrogens (primary N) is 1. The van der Waals surface area contributed by atoms with Crippen LogP contribution in [0.2, 0.25) is 0 Å². The van der Waals surface area contributed by atoms with Gasteiger partial charge in [-0.1, -0.05) is 60.2 Å². The second kappa shape index (κ2) is 8.57. The molecule has 1 amide bonds. The van der Waals surface area contributed by atoms with Gasteiger partial charge in [-0.25, -0.2) is 0 Å². The topological polar surface area (TPSA) is 46.3 Å². The van der Waals surface area contributed by atoms with E-state index < -0.39 is 0 Å². The summed E-state index contributed by atoms with van der Waals surface area (Å²) in [7, 11) is 1.83. The number of amides is 1. The lowest BCUT2D eigenvalue weighted by molar-refractivity contribution is -0.131. The first-order valence-electron chi connectivity index (χ1n) is 7.17. The SMILES string of the molecule is Cc1ccc(CN(C)C(=O)C(CN)c2ccccc2)cc1.Cl. The Morgan fingerprint density at radius 2 is 1.68 bits per heavy atom. The zero-order valence-electron chi connectivity index (χ0n) is 13.0. The third-order valence-electron chi connectivity index (χ3n) is 3.65. The van der Waals surface area contributed by atoms with Crippen molar-refractivity contribution in [2.24, 2.45) is 5.73 Å². The predicted octanol–water partition coefficient (Wildman–Crippen LogP) is 3.12. The van der Waals surface area contributed by atoms with E-state index in [4.69, 9.17) is 5.73 Å². The Labute approximate surface area is 138 Å². The number of aryl methyl sites for hydroxylation is 1. The summed E-state index contributed by atoms with van der Waals surface area (Å²) in [5.74, 6) is -0.217. The lowest BCUT2D eigenvalue weighted by atomic mass is 9.97. The Bertz CT molecular complexity index is 584. The van der Waals surface area contributed by atoms with Crippen molar-refractivity contribution in [3.05, 3.63) is 71.3 Å². The molecule has 0 bridgehead atoms. The number of hydrogen-bond donors (Lipinski definition) is 1. The molecule has 3 nitrogen and oxygen atoms in total. The van der Waals surface area contributed by atoms with Crippen LogP contribution >= 0.6 is 12.4 Å². The molecule has 4 heteroatoms. The summed E-state index contributed by atoms with van der Waals surface area (Å²) in [5.41, 5.74) is 9.13. The molecule has 0 spiro atoms. The largest absolute Gasteiger partial charge is 0.341 e. The van der Waals surface area contributed by atoms with Crippen molar-refractivity contribution in [2.75, 3.05) is 13.6 Å². The highest BCUT2D eigenvalue weighted by molar-refractivity contribution is 5.85. The monoisotopic (exact) mass is 318 g/mol. The van der Waals surface area contributed by atoms with Crippen LogP contribution in [-0.2, 0) is 11.3 Å². The van der Waals surface area contributed by atoms with Crippen LogP contribution in [0.15, 0.2) is 54.6 Å². The van der Waals surface area contributed by atoms with Crippen LogP contribution in [0.3, 0.4) is 0 Å². The highest BCUT2D eigenvalue weighted by atomic mass is 35.5. The second-order valence-corrected chi connectivity index (χ2v) is 5.38. The van der Waals surface area contributed by atoms with Gasteiger partial charge in [0.25, 0.3) is 0 Å². The summed E-state index contributed by atoms with van der Waals surface area (Å²) < 4.78 is 0. The van der Waals surface area contributed by atoms with Crippen LogP contribution in [0, 0.1) is 6.92 Å². The summed E-state index contributed by atoms with van der Waals surface area (Å²) in [6.45, 7) is 2.97. The van der Waals surface area contributed by atoms with Gasteiger partial charge in [-0.05, 0) is 18.1 Å². The van der Waals surface area contributed by atoms with Crippen molar-refractivity contribution in [1.82, 2.24) is 4.90 Å². The van der Waals surface area contributed by atoms with E-state index in [-0.39, 0.29) is 24.2 Å². The zero-order chi connectivity index (χ0) is 15.2. The number of rotatable bonds is 5. The van der Waals surface area contributed by atoms with Gasteiger partial charge in [-0.15, -0.1) is 12.4 Å². The lowest BCUT2D eigenvalue weighted by Crippen LogP contribution is -2.34. The van der Waals surface area contributed by atoms with Gasteiger partial charge in [0.2, 0.25) is 5.91 Å². The highest BCUT2D eigenvalue weighted by Gasteiger charge is 2.22. The minimum Gasteiger partial charge on any atom is -0.341 e. The normalized spacial score (nSPS) is 11.4. The van der Waals surface area contributed by atoms with Gasteiger partial charge in [0.15, 0.2) is 0 Å². The van der Waals surface area contributed by atoms with Gasteiger partial charge < -0.3 is 10.6 Å². The number of carbonyl (C=O) groups excluding carboxylic acids is 1. The van der Waals surface area contributed by atoms with Crippen molar-refractivity contribution >= 4 is 18.3 Å². The van der Waals surface area contributed by atoms with Gasteiger partial charge in [0, 0.05) is 20.1 Å². The fraction of sp³-hybridized carbons (Fsp3) is 0.278. The van der Waals surface area contributed by atoms with Crippen molar-refractivity contribution in [1.29, 1.82) is 0 Å². The maximum atomic E-state index is 12.6. The molecule has 2 aromatic rings. The number of carbonyl (C=O) groups is 1. The van der Waals surface area contributed by atoms with Crippen LogP contribution in [0.5, 0.6) is 0 Å². The number of nitrogens with zero attached hydrogens (tertiary/aromatic N) is 1. The number of benzene rings is 2. The van der Waals surface area contributed by atoms with Gasteiger partial charge >= 0.3 is 0 Å². The first kappa shape index (κ1) is 18.2. The molecule has 0 radical (unpaired) electrons. The van der Waals surface area contributed by atoms with Crippen molar-refractivity contribution in [3.63, 3.8) is 0 Å². The van der Waals surface area contributed by atoms with E-state index in [1.807, 2.05) is 37.4 Å². The molecule has 22 heavy (non-hydrogen) atoms. The number of likely N-dealkylation sites (N-methyl/N-ethyl adjacent to an activating group) is 1. The Morgan fingerprint density at radius 3 is 2.23 bits per heavy atom. The first-order chi connectivity index (χ1) is 10.1. The molecule has 0 fully saturated rings. The van der Waals surface area contributed by atoms with E-state index in [2.05, 4.69) is 31.2 Å². The summed E-state index contributed by atoms with van der Waals surface area (Å²) in [6.07, 6.45) is 0. The summed E-state index contributed by atoms with van der Waals surface area (Å²) >= 11 is 0. The van der Waals surface area contributed by atoms with Gasteiger partial charge in [0.1, 0.15) is 0 Å². The molecule has 0 aliphatic rings. The molecule has 0 aliphatic carbocycles. The molecule has 0 aliphatic heterocycles. The second-order valence-electron chi connectivity index (χ2n) is 5.38. The minimum atomic E-state index is -0.276. The quantitative estimate of drug-likeness (QED) is 0.920. The molecule has 1 atom stereocenters. The van der Waals surface area contributed by atoms with E-state index in [1.54, 1.807) is 4.90 Å². The molecule has 0 saturated carbocycles. The van der Waals surface area contributed by atoms with Crippen LogP contribution in [-0.4, -0.2) is 24.4 Å². The van der Waals surface area contributed by atoms with Crippen molar-refractivity contribution < 1.29 is 4.79 Å². The van der Waals surface area contributed by atoms with Crippen LogP contribution in [0.1, 0.15) is 22.6 Å². The molecule has 2 rings (SSSR count). The molecule has 0 saturated heterocycles. The van der Waals surface area contributed by atoms with Crippen LogP contribution < -0.4 is 5.73 Å². The molecule has 1 unspecified atom stereocenters. The van der Waals surface area contributed by atoms with Gasteiger partial charge in [0.05, 0.1) is 5.92 Å². The molecule has 0 heterocycles. The van der Waals surface area contributed by atoms with E-state index in [9.17, 15) is 4.79 Å². The molecule has 0 aromatic heterocycles. The number of hydrogen-bond acceptors (Lipinski definition) is 2. The maximum Gasteiger partial charge on any atom is 0.231 e. The molecule has 118 valence electrons. The van der Waals surface area contributed by atoms with Gasteiger partial charge in [-0.3, -0.25) is 4.79 Å². The Kier molecular flexibility index (Phi) is 7.09. The fourth-order valence-corrected chi connectivity index (χ4v) is 2.38. The van der Waals surface area contributed by atoms with Crippen LogP contribution in [0.25, 0.3) is 0 Å². The average Bonchev–Trinajstić information content (AvgIpc) is 2.51. The maximum absolute atomic E-state index is 12.6.